The highest BCUT2D eigenvalue weighted by atomic mass is 79.9. The van der Waals surface area contributed by atoms with Gasteiger partial charge in [0.2, 0.25) is 0 Å². The Bertz CT molecular complexity index is 529. The zero-order chi connectivity index (χ0) is 11.7. The quantitative estimate of drug-likeness (QED) is 0.792. The lowest BCUT2D eigenvalue weighted by Gasteiger charge is -2.03. The number of aldehydes is 1. The Kier molecular flexibility index (Phi) is 2.92. The lowest BCUT2D eigenvalue weighted by molar-refractivity contribution is 0.111. The van der Waals surface area contributed by atoms with Crippen LogP contribution in [0, 0.1) is 6.92 Å². The van der Waals surface area contributed by atoms with Crippen molar-refractivity contribution in [3.8, 4) is 11.3 Å². The molecular formula is C12H11BrN2O. The first kappa shape index (κ1) is 11.1. The van der Waals surface area contributed by atoms with Crippen molar-refractivity contribution < 1.29 is 4.79 Å². The third-order valence-corrected chi connectivity index (χ3v) is 3.23. The first-order valence-electron chi connectivity index (χ1n) is 4.88. The number of hydrogen-bond donors (Lipinski definition) is 0. The fraction of sp³-hybridized carbons (Fsp3) is 0.167. The van der Waals surface area contributed by atoms with Crippen LogP contribution in [0.5, 0.6) is 0 Å². The Labute approximate surface area is 102 Å². The molecule has 2 rings (SSSR count). The van der Waals surface area contributed by atoms with Gasteiger partial charge in [0.15, 0.2) is 6.29 Å². The van der Waals surface area contributed by atoms with Gasteiger partial charge < -0.3 is 0 Å². The lowest BCUT2D eigenvalue weighted by Crippen LogP contribution is -1.94. The van der Waals surface area contributed by atoms with E-state index < -0.39 is 0 Å². The minimum Gasteiger partial charge on any atom is -0.296 e. The Morgan fingerprint density at radius 1 is 1.31 bits per heavy atom. The molecule has 82 valence electrons. The summed E-state index contributed by atoms with van der Waals surface area (Å²) < 4.78 is 2.45. The second kappa shape index (κ2) is 4.22. The van der Waals surface area contributed by atoms with Crippen LogP contribution in [-0.4, -0.2) is 16.1 Å². The molecule has 0 bridgehead atoms. The summed E-state index contributed by atoms with van der Waals surface area (Å²) in [4.78, 5) is 10.8. The summed E-state index contributed by atoms with van der Waals surface area (Å²) in [5.74, 6) is 0. The van der Waals surface area contributed by atoms with Crippen LogP contribution in [0.4, 0.5) is 0 Å². The molecule has 0 saturated heterocycles. The molecule has 0 radical (unpaired) electrons. The molecule has 1 aromatic carbocycles. The van der Waals surface area contributed by atoms with Crippen molar-refractivity contribution in [1.82, 2.24) is 9.78 Å². The van der Waals surface area contributed by atoms with Crippen LogP contribution < -0.4 is 0 Å². The van der Waals surface area contributed by atoms with Crippen LogP contribution in [0.1, 0.15) is 16.1 Å². The lowest BCUT2D eigenvalue weighted by atomic mass is 10.1. The van der Waals surface area contributed by atoms with E-state index in [0.29, 0.717) is 5.69 Å². The highest BCUT2D eigenvalue weighted by Crippen LogP contribution is 2.29. The first-order valence-corrected chi connectivity index (χ1v) is 5.67. The van der Waals surface area contributed by atoms with E-state index in [1.165, 1.54) is 5.56 Å². The van der Waals surface area contributed by atoms with Crippen LogP contribution in [-0.2, 0) is 7.05 Å². The number of nitrogens with zero attached hydrogens (tertiary/aromatic N) is 2. The van der Waals surface area contributed by atoms with Crippen LogP contribution in [0.15, 0.2) is 28.7 Å². The van der Waals surface area contributed by atoms with Gasteiger partial charge in [-0.1, -0.05) is 29.8 Å². The minimum atomic E-state index is 0.429. The Hall–Kier alpha value is -1.42. The van der Waals surface area contributed by atoms with Crippen molar-refractivity contribution in [2.24, 2.45) is 7.05 Å². The van der Waals surface area contributed by atoms with E-state index in [1.54, 1.807) is 4.68 Å². The largest absolute Gasteiger partial charge is 0.296 e. The third-order valence-electron chi connectivity index (χ3n) is 2.45. The molecule has 1 heterocycles. The number of carbonyl (C=O) groups excluding carboxylic acids is 1. The molecule has 2 aromatic rings. The van der Waals surface area contributed by atoms with Gasteiger partial charge in [-0.3, -0.25) is 9.48 Å². The summed E-state index contributed by atoms with van der Waals surface area (Å²) in [7, 11) is 1.83. The maximum atomic E-state index is 10.8. The standard InChI is InChI=1S/C12H11BrN2O/c1-8-3-5-9(6-4-8)12-11(13)10(7-16)14-15(12)2/h3-7H,1-2H3. The number of aromatic nitrogens is 2. The van der Waals surface area contributed by atoms with E-state index in [-0.39, 0.29) is 0 Å². The van der Waals surface area contributed by atoms with Crippen molar-refractivity contribution in [2.45, 2.75) is 6.92 Å². The van der Waals surface area contributed by atoms with Crippen LogP contribution in [0.2, 0.25) is 0 Å². The molecule has 0 aliphatic carbocycles. The van der Waals surface area contributed by atoms with Crippen molar-refractivity contribution in [1.29, 1.82) is 0 Å². The zero-order valence-electron chi connectivity index (χ0n) is 9.07. The predicted octanol–water partition coefficient (Wildman–Crippen LogP) is 2.97. The monoisotopic (exact) mass is 278 g/mol. The van der Waals surface area contributed by atoms with E-state index in [1.807, 2.05) is 38.2 Å². The fourth-order valence-electron chi connectivity index (χ4n) is 1.62. The topological polar surface area (TPSA) is 34.9 Å². The molecule has 0 fully saturated rings. The Morgan fingerprint density at radius 3 is 2.44 bits per heavy atom. The smallest absolute Gasteiger partial charge is 0.171 e. The Balaban J connectivity index is 2.59. The molecule has 0 aliphatic rings. The number of halogens is 1. The molecule has 0 atom stereocenters. The average molecular weight is 279 g/mol. The fourth-order valence-corrected chi connectivity index (χ4v) is 2.28. The molecule has 4 heteroatoms. The molecular weight excluding hydrogens is 268 g/mol. The van der Waals surface area contributed by atoms with Gasteiger partial charge in [-0.05, 0) is 22.9 Å². The summed E-state index contributed by atoms with van der Waals surface area (Å²) in [6, 6.07) is 8.11. The molecule has 1 aromatic heterocycles. The molecule has 0 spiro atoms. The van der Waals surface area contributed by atoms with Gasteiger partial charge in [-0.15, -0.1) is 0 Å². The maximum Gasteiger partial charge on any atom is 0.171 e. The van der Waals surface area contributed by atoms with Gasteiger partial charge in [-0.2, -0.15) is 5.10 Å². The maximum absolute atomic E-state index is 10.8. The molecule has 0 saturated carbocycles. The van der Waals surface area contributed by atoms with E-state index in [2.05, 4.69) is 21.0 Å². The number of carbonyl (C=O) groups is 1. The van der Waals surface area contributed by atoms with Gasteiger partial charge in [0, 0.05) is 12.6 Å². The van der Waals surface area contributed by atoms with Crippen molar-refractivity contribution in [3.63, 3.8) is 0 Å². The second-order valence-corrected chi connectivity index (χ2v) is 4.45. The van der Waals surface area contributed by atoms with E-state index >= 15 is 0 Å². The summed E-state index contributed by atoms with van der Waals surface area (Å²) in [6.45, 7) is 2.04. The normalized spacial score (nSPS) is 10.4. The van der Waals surface area contributed by atoms with Crippen molar-refractivity contribution in [3.05, 3.63) is 40.0 Å². The average Bonchev–Trinajstić information content (AvgIpc) is 2.56. The minimum absolute atomic E-state index is 0.429. The molecule has 0 unspecified atom stereocenters. The number of rotatable bonds is 2. The highest BCUT2D eigenvalue weighted by Gasteiger charge is 2.14. The van der Waals surface area contributed by atoms with E-state index in [0.717, 1.165) is 22.0 Å². The van der Waals surface area contributed by atoms with E-state index in [9.17, 15) is 4.79 Å². The number of hydrogen-bond acceptors (Lipinski definition) is 2. The summed E-state index contributed by atoms with van der Waals surface area (Å²) in [5, 5.41) is 4.13. The zero-order valence-corrected chi connectivity index (χ0v) is 10.7. The highest BCUT2D eigenvalue weighted by molar-refractivity contribution is 9.10. The van der Waals surface area contributed by atoms with Crippen LogP contribution in [0.3, 0.4) is 0 Å². The Morgan fingerprint density at radius 2 is 1.94 bits per heavy atom. The van der Waals surface area contributed by atoms with Gasteiger partial charge >= 0.3 is 0 Å². The summed E-state index contributed by atoms with van der Waals surface area (Å²) >= 11 is 3.40. The van der Waals surface area contributed by atoms with Crippen molar-refractivity contribution in [2.75, 3.05) is 0 Å². The van der Waals surface area contributed by atoms with Crippen LogP contribution >= 0.6 is 15.9 Å². The van der Waals surface area contributed by atoms with E-state index in [4.69, 9.17) is 0 Å². The number of benzene rings is 1. The number of aryl methyl sites for hydroxylation is 2. The van der Waals surface area contributed by atoms with Gasteiger partial charge in [-0.25, -0.2) is 0 Å². The van der Waals surface area contributed by atoms with Crippen LogP contribution in [0.25, 0.3) is 11.3 Å². The predicted molar refractivity (Wildman–Crippen MR) is 66.5 cm³/mol. The SMILES string of the molecule is Cc1ccc(-c2c(Br)c(C=O)nn2C)cc1. The summed E-state index contributed by atoms with van der Waals surface area (Å²) in [5.41, 5.74) is 3.60. The second-order valence-electron chi connectivity index (χ2n) is 3.66. The third kappa shape index (κ3) is 1.80. The molecule has 0 N–H and O–H groups in total. The molecule has 3 nitrogen and oxygen atoms in total. The summed E-state index contributed by atoms with van der Waals surface area (Å²) in [6.07, 6.45) is 0.752. The molecule has 0 aliphatic heterocycles. The molecule has 16 heavy (non-hydrogen) atoms. The van der Waals surface area contributed by atoms with Gasteiger partial charge in [0.1, 0.15) is 5.69 Å². The van der Waals surface area contributed by atoms with Gasteiger partial charge in [0.25, 0.3) is 0 Å². The molecule has 0 amide bonds. The first-order chi connectivity index (χ1) is 7.63. The van der Waals surface area contributed by atoms with Gasteiger partial charge in [0.05, 0.1) is 10.2 Å². The van der Waals surface area contributed by atoms with Crippen molar-refractivity contribution >= 4 is 22.2 Å².